The van der Waals surface area contributed by atoms with Gasteiger partial charge in [-0.2, -0.15) is 0 Å². The summed E-state index contributed by atoms with van der Waals surface area (Å²) in [7, 11) is 0. The number of hydrogen-bond acceptors (Lipinski definition) is 4. The summed E-state index contributed by atoms with van der Waals surface area (Å²) in [5, 5.41) is 12.6. The minimum atomic E-state index is -0.0244. The lowest BCUT2D eigenvalue weighted by molar-refractivity contribution is 0.0986. The van der Waals surface area contributed by atoms with Crippen LogP contribution in [-0.4, -0.2) is 24.0 Å². The molecule has 20 heavy (non-hydrogen) atoms. The Hall–Kier alpha value is -1.78. The second kappa shape index (κ2) is 7.72. The van der Waals surface area contributed by atoms with Gasteiger partial charge in [0.05, 0.1) is 12.3 Å². The van der Waals surface area contributed by atoms with Crippen molar-refractivity contribution in [2.45, 2.75) is 16.7 Å². The molecule has 0 aliphatic carbocycles. The van der Waals surface area contributed by atoms with E-state index < -0.39 is 0 Å². The highest BCUT2D eigenvalue weighted by atomic mass is 32.2. The normalized spacial score (nSPS) is 11.4. The Bertz CT molecular complexity index is 552. The first-order valence-electron chi connectivity index (χ1n) is 6.40. The fraction of sp³-hybridized carbons (Fsp3) is 0.188. The highest BCUT2D eigenvalue weighted by Crippen LogP contribution is 2.27. The van der Waals surface area contributed by atoms with E-state index in [1.165, 1.54) is 9.79 Å². The largest absolute Gasteiger partial charge is 0.393 e. The van der Waals surface area contributed by atoms with Crippen LogP contribution in [0.25, 0.3) is 0 Å². The van der Waals surface area contributed by atoms with Crippen molar-refractivity contribution < 1.29 is 9.94 Å². The molecule has 4 heteroatoms. The number of hydrogen-bond donors (Lipinski definition) is 1. The standard InChI is InChI=1S/C16H17NO2S/c1-13(17-19-12-11-18)14-7-9-16(10-8-14)20-15-5-3-2-4-6-15/h2-10,18H,11-12H2,1H3/b17-13-. The van der Waals surface area contributed by atoms with Gasteiger partial charge >= 0.3 is 0 Å². The molecule has 3 nitrogen and oxygen atoms in total. The van der Waals surface area contributed by atoms with Gasteiger partial charge in [0.25, 0.3) is 0 Å². The van der Waals surface area contributed by atoms with Crippen molar-refractivity contribution in [3.05, 3.63) is 60.2 Å². The zero-order valence-electron chi connectivity index (χ0n) is 11.3. The minimum Gasteiger partial charge on any atom is -0.393 e. The second-order valence-electron chi connectivity index (χ2n) is 4.17. The summed E-state index contributed by atoms with van der Waals surface area (Å²) in [6.45, 7) is 2.08. The van der Waals surface area contributed by atoms with Crippen LogP contribution in [-0.2, 0) is 4.84 Å². The van der Waals surface area contributed by atoms with E-state index in [9.17, 15) is 0 Å². The fourth-order valence-corrected chi connectivity index (χ4v) is 2.46. The lowest BCUT2D eigenvalue weighted by Gasteiger charge is -2.04. The van der Waals surface area contributed by atoms with Gasteiger partial charge in [-0.1, -0.05) is 47.2 Å². The Kier molecular flexibility index (Phi) is 5.65. The molecule has 0 spiro atoms. The van der Waals surface area contributed by atoms with Crippen LogP contribution in [0.3, 0.4) is 0 Å². The summed E-state index contributed by atoms with van der Waals surface area (Å²) in [5.74, 6) is 0. The molecule has 0 aliphatic rings. The van der Waals surface area contributed by atoms with Gasteiger partial charge in [0.1, 0.15) is 6.61 Å². The van der Waals surface area contributed by atoms with Crippen LogP contribution < -0.4 is 0 Å². The third-order valence-electron chi connectivity index (χ3n) is 2.64. The summed E-state index contributed by atoms with van der Waals surface area (Å²) in [6, 6.07) is 18.4. The smallest absolute Gasteiger partial charge is 0.140 e. The molecule has 0 atom stereocenters. The first kappa shape index (κ1) is 14.6. The molecule has 0 saturated carbocycles. The van der Waals surface area contributed by atoms with Crippen LogP contribution in [0.4, 0.5) is 0 Å². The minimum absolute atomic E-state index is 0.0244. The van der Waals surface area contributed by atoms with Crippen molar-refractivity contribution in [1.82, 2.24) is 0 Å². The maximum Gasteiger partial charge on any atom is 0.140 e. The molecule has 2 rings (SSSR count). The molecule has 0 amide bonds. The molecule has 0 aromatic heterocycles. The Morgan fingerprint density at radius 3 is 2.35 bits per heavy atom. The van der Waals surface area contributed by atoms with E-state index in [-0.39, 0.29) is 13.2 Å². The highest BCUT2D eigenvalue weighted by molar-refractivity contribution is 7.99. The molecule has 0 heterocycles. The van der Waals surface area contributed by atoms with E-state index in [1.54, 1.807) is 11.8 Å². The Labute approximate surface area is 123 Å². The van der Waals surface area contributed by atoms with Crippen LogP contribution in [0.5, 0.6) is 0 Å². The zero-order valence-corrected chi connectivity index (χ0v) is 12.1. The lowest BCUT2D eigenvalue weighted by Crippen LogP contribution is -1.99. The maximum absolute atomic E-state index is 8.63. The van der Waals surface area contributed by atoms with Crippen LogP contribution in [0.2, 0.25) is 0 Å². The van der Waals surface area contributed by atoms with Crippen molar-refractivity contribution in [3.63, 3.8) is 0 Å². The van der Waals surface area contributed by atoms with Crippen LogP contribution in [0.15, 0.2) is 69.5 Å². The number of oxime groups is 1. The van der Waals surface area contributed by atoms with Crippen molar-refractivity contribution in [2.75, 3.05) is 13.2 Å². The molecule has 0 radical (unpaired) electrons. The van der Waals surface area contributed by atoms with Crippen LogP contribution in [0, 0.1) is 0 Å². The lowest BCUT2D eigenvalue weighted by atomic mass is 10.1. The van der Waals surface area contributed by atoms with Gasteiger partial charge in [-0.05, 0) is 36.8 Å². The Balaban J connectivity index is 2.01. The monoisotopic (exact) mass is 287 g/mol. The quantitative estimate of drug-likeness (QED) is 0.502. The highest BCUT2D eigenvalue weighted by Gasteiger charge is 2.00. The predicted molar refractivity (Wildman–Crippen MR) is 82.3 cm³/mol. The van der Waals surface area contributed by atoms with Crippen LogP contribution in [0.1, 0.15) is 12.5 Å². The van der Waals surface area contributed by atoms with Gasteiger partial charge in [-0.3, -0.25) is 0 Å². The third kappa shape index (κ3) is 4.40. The first-order chi connectivity index (χ1) is 9.79. The van der Waals surface area contributed by atoms with Crippen molar-refractivity contribution >= 4 is 17.5 Å². The number of nitrogens with zero attached hydrogens (tertiary/aromatic N) is 1. The van der Waals surface area contributed by atoms with Gasteiger partial charge in [-0.25, -0.2) is 0 Å². The Morgan fingerprint density at radius 1 is 1.05 bits per heavy atom. The number of aliphatic hydroxyl groups excluding tert-OH is 1. The summed E-state index contributed by atoms with van der Waals surface area (Å²) in [4.78, 5) is 7.36. The van der Waals surface area contributed by atoms with Gasteiger partial charge in [-0.15, -0.1) is 0 Å². The summed E-state index contributed by atoms with van der Waals surface area (Å²) in [5.41, 5.74) is 1.81. The summed E-state index contributed by atoms with van der Waals surface area (Å²) >= 11 is 1.73. The fourth-order valence-electron chi connectivity index (χ4n) is 1.62. The van der Waals surface area contributed by atoms with Crippen molar-refractivity contribution in [2.24, 2.45) is 5.16 Å². The summed E-state index contributed by atoms with van der Waals surface area (Å²) in [6.07, 6.45) is 0. The maximum atomic E-state index is 8.63. The van der Waals surface area contributed by atoms with E-state index >= 15 is 0 Å². The number of rotatable bonds is 6. The van der Waals surface area contributed by atoms with Crippen LogP contribution >= 0.6 is 11.8 Å². The number of aliphatic hydroxyl groups is 1. The van der Waals surface area contributed by atoms with E-state index in [0.29, 0.717) is 0 Å². The SMILES string of the molecule is C/C(=N/OCCO)c1ccc(Sc2ccccc2)cc1. The van der Waals surface area contributed by atoms with E-state index in [1.807, 2.05) is 37.3 Å². The molecule has 1 N–H and O–H groups in total. The molecule has 0 unspecified atom stereocenters. The van der Waals surface area contributed by atoms with Gasteiger partial charge in [0, 0.05) is 9.79 Å². The topological polar surface area (TPSA) is 41.8 Å². The van der Waals surface area contributed by atoms with E-state index in [0.717, 1.165) is 11.3 Å². The second-order valence-corrected chi connectivity index (χ2v) is 5.32. The molecule has 0 saturated heterocycles. The molecule has 0 aliphatic heterocycles. The average molecular weight is 287 g/mol. The first-order valence-corrected chi connectivity index (χ1v) is 7.22. The van der Waals surface area contributed by atoms with Gasteiger partial charge in [0.15, 0.2) is 0 Å². The predicted octanol–water partition coefficient (Wildman–Crippen LogP) is 3.57. The van der Waals surface area contributed by atoms with E-state index in [2.05, 4.69) is 29.4 Å². The third-order valence-corrected chi connectivity index (χ3v) is 3.65. The molecule has 2 aromatic carbocycles. The molecular formula is C16H17NO2S. The molecular weight excluding hydrogens is 270 g/mol. The van der Waals surface area contributed by atoms with Gasteiger partial charge in [0.2, 0.25) is 0 Å². The molecule has 2 aromatic rings. The molecule has 104 valence electrons. The zero-order chi connectivity index (χ0) is 14.2. The van der Waals surface area contributed by atoms with Crippen molar-refractivity contribution in [3.8, 4) is 0 Å². The molecule has 0 fully saturated rings. The number of benzene rings is 2. The van der Waals surface area contributed by atoms with Crippen molar-refractivity contribution in [1.29, 1.82) is 0 Å². The van der Waals surface area contributed by atoms with E-state index in [4.69, 9.17) is 9.94 Å². The molecule has 0 bridgehead atoms. The van der Waals surface area contributed by atoms with Gasteiger partial charge < -0.3 is 9.94 Å². The summed E-state index contributed by atoms with van der Waals surface area (Å²) < 4.78 is 0. The Morgan fingerprint density at radius 2 is 1.70 bits per heavy atom. The average Bonchev–Trinajstić information content (AvgIpc) is 2.49.